The van der Waals surface area contributed by atoms with Crippen molar-refractivity contribution in [3.05, 3.63) is 66.5 Å². The van der Waals surface area contributed by atoms with Gasteiger partial charge in [-0.15, -0.1) is 0 Å². The highest BCUT2D eigenvalue weighted by molar-refractivity contribution is 5.72. The van der Waals surface area contributed by atoms with Crippen molar-refractivity contribution >= 4 is 23.5 Å². The van der Waals surface area contributed by atoms with Crippen LogP contribution in [0, 0.1) is 10.1 Å². The number of nitrogens with zero attached hydrogens (tertiary/aromatic N) is 2. The van der Waals surface area contributed by atoms with E-state index in [2.05, 4.69) is 23.7 Å². The Kier molecular flexibility index (Phi) is 5.31. The van der Waals surface area contributed by atoms with Gasteiger partial charge < -0.3 is 9.88 Å². The van der Waals surface area contributed by atoms with Crippen LogP contribution in [-0.4, -0.2) is 28.0 Å². The van der Waals surface area contributed by atoms with Crippen LogP contribution in [0.15, 0.2) is 33.9 Å². The Morgan fingerprint density at radius 1 is 1.08 bits per heavy atom. The fourth-order valence-corrected chi connectivity index (χ4v) is 2.36. The summed E-state index contributed by atoms with van der Waals surface area (Å²) in [5.41, 5.74) is -0.774. The van der Waals surface area contributed by atoms with Crippen molar-refractivity contribution < 1.29 is 4.92 Å². The number of aromatic amines is 2. The molecule has 1 aromatic heterocycles. The second-order valence-corrected chi connectivity index (χ2v) is 5.02. The number of aromatic nitrogens is 2. The van der Waals surface area contributed by atoms with E-state index < -0.39 is 21.9 Å². The maximum absolute atomic E-state index is 11.5. The maximum Gasteiger partial charge on any atom is 0.357 e. The van der Waals surface area contributed by atoms with E-state index in [1.807, 2.05) is 29.2 Å². The van der Waals surface area contributed by atoms with Gasteiger partial charge in [-0.1, -0.05) is 18.2 Å². The molecule has 0 saturated carbocycles. The first-order valence-corrected chi connectivity index (χ1v) is 7.50. The lowest BCUT2D eigenvalue weighted by atomic mass is 10.1. The van der Waals surface area contributed by atoms with Gasteiger partial charge in [0.2, 0.25) is 0 Å². The van der Waals surface area contributed by atoms with Crippen molar-refractivity contribution in [3.63, 3.8) is 0 Å². The van der Waals surface area contributed by atoms with Crippen molar-refractivity contribution in [3.8, 4) is 0 Å². The van der Waals surface area contributed by atoms with Crippen molar-refractivity contribution in [1.82, 2.24) is 9.97 Å². The average Bonchev–Trinajstić information content (AvgIpc) is 2.54. The zero-order valence-electron chi connectivity index (χ0n) is 13.4. The molecule has 0 bridgehead atoms. The zero-order valence-corrected chi connectivity index (χ0v) is 13.4. The molecular formula is C16H18N4O4. The van der Waals surface area contributed by atoms with E-state index in [-0.39, 0.29) is 5.69 Å². The van der Waals surface area contributed by atoms with Gasteiger partial charge in [0.15, 0.2) is 0 Å². The molecule has 1 aromatic carbocycles. The second-order valence-electron chi connectivity index (χ2n) is 5.02. The van der Waals surface area contributed by atoms with E-state index >= 15 is 0 Å². The second kappa shape index (κ2) is 7.40. The lowest BCUT2D eigenvalue weighted by molar-refractivity contribution is -0.386. The summed E-state index contributed by atoms with van der Waals surface area (Å²) >= 11 is 0. The Morgan fingerprint density at radius 3 is 2.25 bits per heavy atom. The normalized spacial score (nSPS) is 10.9. The van der Waals surface area contributed by atoms with Crippen LogP contribution in [0.5, 0.6) is 0 Å². The highest BCUT2D eigenvalue weighted by atomic mass is 16.6. The number of hydrogen-bond acceptors (Lipinski definition) is 5. The maximum atomic E-state index is 11.5. The van der Waals surface area contributed by atoms with Crippen molar-refractivity contribution in [1.29, 1.82) is 0 Å². The van der Waals surface area contributed by atoms with E-state index in [1.54, 1.807) is 6.08 Å². The smallest absolute Gasteiger partial charge is 0.357 e. The largest absolute Gasteiger partial charge is 0.372 e. The number of nitrogens with one attached hydrogen (secondary N) is 2. The Labute approximate surface area is 137 Å². The summed E-state index contributed by atoms with van der Waals surface area (Å²) in [6, 6.07) is 7.62. The Balaban J connectivity index is 2.33. The van der Waals surface area contributed by atoms with Crippen molar-refractivity contribution in [2.75, 3.05) is 18.0 Å². The Morgan fingerprint density at radius 2 is 1.71 bits per heavy atom. The third-order valence-electron chi connectivity index (χ3n) is 3.59. The fraction of sp³-hybridized carbons (Fsp3) is 0.250. The first kappa shape index (κ1) is 17.2. The van der Waals surface area contributed by atoms with Crippen LogP contribution in [0.25, 0.3) is 12.2 Å². The van der Waals surface area contributed by atoms with Crippen LogP contribution >= 0.6 is 0 Å². The number of benzene rings is 1. The SMILES string of the molecule is CCN(CC)c1ccc(/C=C/c2[nH]c(=O)[nH]c(=O)c2[N+](=O)[O-])cc1. The standard InChI is InChI=1S/C16H18N4O4/c1-3-19(4-2)12-8-5-11(6-9-12)7-10-13-14(20(23)24)15(21)18-16(22)17-13/h5-10H,3-4H2,1-2H3,(H2,17,18,21,22)/b10-7+. The van der Waals surface area contributed by atoms with E-state index in [0.717, 1.165) is 24.3 Å². The van der Waals surface area contributed by atoms with Gasteiger partial charge in [-0.2, -0.15) is 0 Å². The molecule has 0 aliphatic carbocycles. The molecule has 2 rings (SSSR count). The van der Waals surface area contributed by atoms with Gasteiger partial charge in [0.1, 0.15) is 5.69 Å². The quantitative estimate of drug-likeness (QED) is 0.621. The van der Waals surface area contributed by atoms with Crippen LogP contribution in [0.2, 0.25) is 0 Å². The molecule has 8 nitrogen and oxygen atoms in total. The van der Waals surface area contributed by atoms with Crippen LogP contribution in [0.1, 0.15) is 25.1 Å². The summed E-state index contributed by atoms with van der Waals surface area (Å²) in [5.74, 6) is 0. The molecule has 0 atom stereocenters. The molecular weight excluding hydrogens is 312 g/mol. The van der Waals surface area contributed by atoms with Crippen molar-refractivity contribution in [2.24, 2.45) is 0 Å². The summed E-state index contributed by atoms with van der Waals surface area (Å²) < 4.78 is 0. The zero-order chi connectivity index (χ0) is 17.7. The molecule has 0 fully saturated rings. The van der Waals surface area contributed by atoms with Gasteiger partial charge in [0.05, 0.1) is 4.92 Å². The van der Waals surface area contributed by atoms with Crippen molar-refractivity contribution in [2.45, 2.75) is 13.8 Å². The molecule has 24 heavy (non-hydrogen) atoms. The lowest BCUT2D eigenvalue weighted by Crippen LogP contribution is -2.25. The van der Waals surface area contributed by atoms with Crippen LogP contribution in [0.4, 0.5) is 11.4 Å². The monoisotopic (exact) mass is 330 g/mol. The molecule has 0 spiro atoms. The van der Waals surface area contributed by atoms with Gasteiger partial charge in [-0.3, -0.25) is 19.9 Å². The van der Waals surface area contributed by atoms with E-state index in [1.165, 1.54) is 6.08 Å². The third-order valence-corrected chi connectivity index (χ3v) is 3.59. The highest BCUT2D eigenvalue weighted by Crippen LogP contribution is 2.17. The first-order chi connectivity index (χ1) is 11.5. The minimum Gasteiger partial charge on any atom is -0.372 e. The number of rotatable bonds is 6. The van der Waals surface area contributed by atoms with Gasteiger partial charge in [-0.05, 0) is 37.6 Å². The molecule has 0 unspecified atom stereocenters. The van der Waals surface area contributed by atoms with Crippen LogP contribution < -0.4 is 16.1 Å². The molecule has 8 heteroatoms. The summed E-state index contributed by atoms with van der Waals surface area (Å²) in [5, 5.41) is 11.0. The molecule has 2 N–H and O–H groups in total. The predicted molar refractivity (Wildman–Crippen MR) is 93.3 cm³/mol. The number of H-pyrrole nitrogens is 2. The van der Waals surface area contributed by atoms with Crippen LogP contribution in [-0.2, 0) is 0 Å². The molecule has 0 saturated heterocycles. The first-order valence-electron chi connectivity index (χ1n) is 7.50. The molecule has 2 aromatic rings. The highest BCUT2D eigenvalue weighted by Gasteiger charge is 2.18. The van der Waals surface area contributed by atoms with Gasteiger partial charge in [0.25, 0.3) is 0 Å². The molecule has 126 valence electrons. The molecule has 0 radical (unpaired) electrons. The number of anilines is 1. The fourth-order valence-electron chi connectivity index (χ4n) is 2.36. The van der Waals surface area contributed by atoms with E-state index in [4.69, 9.17) is 0 Å². The van der Waals surface area contributed by atoms with Gasteiger partial charge in [-0.25, -0.2) is 4.79 Å². The third kappa shape index (κ3) is 3.78. The summed E-state index contributed by atoms with van der Waals surface area (Å²) in [6.07, 6.45) is 2.95. The van der Waals surface area contributed by atoms with Crippen LogP contribution in [0.3, 0.4) is 0 Å². The van der Waals surface area contributed by atoms with E-state index in [9.17, 15) is 19.7 Å². The number of nitro groups is 1. The summed E-state index contributed by atoms with van der Waals surface area (Å²) in [6.45, 7) is 5.93. The predicted octanol–water partition coefficient (Wildman–Crippen LogP) is 1.99. The number of hydrogen-bond donors (Lipinski definition) is 2. The molecule has 0 amide bonds. The van der Waals surface area contributed by atoms with Gasteiger partial charge in [0, 0.05) is 18.8 Å². The summed E-state index contributed by atoms with van der Waals surface area (Å²) in [7, 11) is 0. The Hall–Kier alpha value is -3.16. The average molecular weight is 330 g/mol. The summed E-state index contributed by atoms with van der Waals surface area (Å²) in [4.78, 5) is 39.3. The molecule has 0 aliphatic heterocycles. The molecule has 0 aliphatic rings. The Bertz CT molecular complexity index is 861. The minimum absolute atomic E-state index is 0.137. The molecule has 1 heterocycles. The van der Waals surface area contributed by atoms with E-state index in [0.29, 0.717) is 0 Å². The lowest BCUT2D eigenvalue weighted by Gasteiger charge is -2.20. The topological polar surface area (TPSA) is 112 Å². The minimum atomic E-state index is -1.03. The van der Waals surface area contributed by atoms with Gasteiger partial charge >= 0.3 is 16.9 Å².